The summed E-state index contributed by atoms with van der Waals surface area (Å²) in [5.74, 6) is 0. The Bertz CT molecular complexity index is 3160. The number of furan rings is 2. The number of anilines is 3. The number of hydrogen-bond donors (Lipinski definition) is 0. The van der Waals surface area contributed by atoms with Crippen molar-refractivity contribution >= 4 is 82.5 Å². The van der Waals surface area contributed by atoms with Crippen LogP contribution in [0.2, 0.25) is 0 Å². The molecule has 0 N–H and O–H groups in total. The van der Waals surface area contributed by atoms with Crippen LogP contribution < -0.4 is 4.90 Å². The van der Waals surface area contributed by atoms with Gasteiger partial charge in [0.05, 0.1) is 0 Å². The molecule has 3 heteroatoms. The molecule has 2 aromatic heterocycles. The largest absolute Gasteiger partial charge is 0.455 e. The van der Waals surface area contributed by atoms with E-state index in [0.29, 0.717) is 0 Å². The standard InChI is InChI=1S/C50H31NO2/c1-2-10-33(11-3-1)42-18-9-19-45-43-28-25-37(30-47(43)52-49(42)45)51(36-23-20-35(21-24-36)40-17-8-14-32-12-4-6-15-39(32)40)38-26-29-44-46-27-22-34-13-5-7-16-41(34)50(46)53-48(44)31-38/h1-31H. The second-order valence-electron chi connectivity index (χ2n) is 13.7. The first kappa shape index (κ1) is 29.6. The Morgan fingerprint density at radius 1 is 0.302 bits per heavy atom. The molecule has 0 radical (unpaired) electrons. The second-order valence-corrected chi connectivity index (χ2v) is 13.7. The zero-order valence-electron chi connectivity index (χ0n) is 28.7. The van der Waals surface area contributed by atoms with Gasteiger partial charge in [0.15, 0.2) is 0 Å². The maximum absolute atomic E-state index is 6.72. The Hall–Kier alpha value is -7.10. The van der Waals surface area contributed by atoms with E-state index in [-0.39, 0.29) is 0 Å². The summed E-state index contributed by atoms with van der Waals surface area (Å²) < 4.78 is 13.4. The molecule has 248 valence electrons. The molecular formula is C50H31NO2. The van der Waals surface area contributed by atoms with Gasteiger partial charge < -0.3 is 13.7 Å². The maximum atomic E-state index is 6.72. The van der Waals surface area contributed by atoms with Crippen molar-refractivity contribution in [2.24, 2.45) is 0 Å². The fraction of sp³-hybridized carbons (Fsp3) is 0. The van der Waals surface area contributed by atoms with Gasteiger partial charge in [0.2, 0.25) is 0 Å². The second kappa shape index (κ2) is 11.7. The molecule has 9 aromatic carbocycles. The molecule has 2 heterocycles. The van der Waals surface area contributed by atoms with E-state index < -0.39 is 0 Å². The fourth-order valence-electron chi connectivity index (χ4n) is 8.12. The van der Waals surface area contributed by atoms with Crippen LogP contribution in [0.15, 0.2) is 197 Å². The van der Waals surface area contributed by atoms with E-state index in [1.54, 1.807) is 0 Å². The van der Waals surface area contributed by atoms with Crippen molar-refractivity contribution in [3.63, 3.8) is 0 Å². The van der Waals surface area contributed by atoms with Crippen LogP contribution in [-0.4, -0.2) is 0 Å². The molecule has 0 atom stereocenters. The van der Waals surface area contributed by atoms with Crippen LogP contribution in [0.3, 0.4) is 0 Å². The van der Waals surface area contributed by atoms with E-state index in [1.807, 2.05) is 6.07 Å². The van der Waals surface area contributed by atoms with E-state index in [0.717, 1.165) is 77.5 Å². The van der Waals surface area contributed by atoms with Crippen LogP contribution in [0.4, 0.5) is 17.1 Å². The van der Waals surface area contributed by atoms with Crippen molar-refractivity contribution in [2.45, 2.75) is 0 Å². The van der Waals surface area contributed by atoms with E-state index in [9.17, 15) is 0 Å². The van der Waals surface area contributed by atoms with Gasteiger partial charge in [-0.25, -0.2) is 0 Å². The molecule has 53 heavy (non-hydrogen) atoms. The molecule has 3 nitrogen and oxygen atoms in total. The van der Waals surface area contributed by atoms with E-state index in [4.69, 9.17) is 8.83 Å². The van der Waals surface area contributed by atoms with Gasteiger partial charge in [-0.1, -0.05) is 133 Å². The van der Waals surface area contributed by atoms with Crippen molar-refractivity contribution in [3.8, 4) is 22.3 Å². The van der Waals surface area contributed by atoms with Crippen molar-refractivity contribution in [1.82, 2.24) is 0 Å². The summed E-state index contributed by atoms with van der Waals surface area (Å²) in [6.07, 6.45) is 0. The average Bonchev–Trinajstić information content (AvgIpc) is 3.79. The van der Waals surface area contributed by atoms with E-state index in [1.165, 1.54) is 27.3 Å². The monoisotopic (exact) mass is 677 g/mol. The number of hydrogen-bond acceptors (Lipinski definition) is 3. The summed E-state index contributed by atoms with van der Waals surface area (Å²) in [5, 5.41) is 9.18. The lowest BCUT2D eigenvalue weighted by atomic mass is 9.98. The summed E-state index contributed by atoms with van der Waals surface area (Å²) in [4.78, 5) is 2.29. The first-order valence-corrected chi connectivity index (χ1v) is 18.0. The van der Waals surface area contributed by atoms with Gasteiger partial charge in [-0.3, -0.25) is 0 Å². The van der Waals surface area contributed by atoms with Gasteiger partial charge in [0, 0.05) is 61.7 Å². The normalized spacial score (nSPS) is 11.8. The van der Waals surface area contributed by atoms with Crippen molar-refractivity contribution in [3.05, 3.63) is 188 Å². The van der Waals surface area contributed by atoms with Crippen LogP contribution in [0.25, 0.3) is 87.7 Å². The molecule has 0 spiro atoms. The first-order valence-electron chi connectivity index (χ1n) is 18.0. The molecular weight excluding hydrogens is 647 g/mol. The highest BCUT2D eigenvalue weighted by Gasteiger charge is 2.19. The third kappa shape index (κ3) is 4.75. The highest BCUT2D eigenvalue weighted by atomic mass is 16.3. The van der Waals surface area contributed by atoms with Crippen LogP contribution in [-0.2, 0) is 0 Å². The lowest BCUT2D eigenvalue weighted by Crippen LogP contribution is -2.09. The lowest BCUT2D eigenvalue weighted by Gasteiger charge is -2.25. The highest BCUT2D eigenvalue weighted by molar-refractivity contribution is 6.16. The van der Waals surface area contributed by atoms with E-state index in [2.05, 4.69) is 187 Å². The van der Waals surface area contributed by atoms with Crippen LogP contribution in [0.5, 0.6) is 0 Å². The topological polar surface area (TPSA) is 29.5 Å². The molecule has 0 aliphatic heterocycles. The van der Waals surface area contributed by atoms with Crippen molar-refractivity contribution in [1.29, 1.82) is 0 Å². The van der Waals surface area contributed by atoms with Crippen molar-refractivity contribution < 1.29 is 8.83 Å². The third-order valence-electron chi connectivity index (χ3n) is 10.7. The minimum atomic E-state index is 0.842. The minimum absolute atomic E-state index is 0.842. The van der Waals surface area contributed by atoms with Gasteiger partial charge in [-0.2, -0.15) is 0 Å². The van der Waals surface area contributed by atoms with Gasteiger partial charge in [-0.15, -0.1) is 0 Å². The molecule has 0 aliphatic rings. The predicted molar refractivity (Wildman–Crippen MR) is 222 cm³/mol. The Kier molecular flexibility index (Phi) is 6.55. The van der Waals surface area contributed by atoms with E-state index >= 15 is 0 Å². The minimum Gasteiger partial charge on any atom is -0.455 e. The molecule has 0 saturated heterocycles. The molecule has 0 aliphatic carbocycles. The lowest BCUT2D eigenvalue weighted by molar-refractivity contribution is 0.670. The summed E-state index contributed by atoms with van der Waals surface area (Å²) >= 11 is 0. The molecule has 0 amide bonds. The Labute approximate surface area is 305 Å². The molecule has 0 saturated carbocycles. The van der Waals surface area contributed by atoms with Crippen LogP contribution in [0.1, 0.15) is 0 Å². The van der Waals surface area contributed by atoms with Crippen LogP contribution in [0, 0.1) is 0 Å². The number of fused-ring (bicyclic) bond motifs is 9. The number of nitrogens with zero attached hydrogens (tertiary/aromatic N) is 1. The van der Waals surface area contributed by atoms with Gasteiger partial charge in [0.25, 0.3) is 0 Å². The summed E-state index contributed by atoms with van der Waals surface area (Å²) in [7, 11) is 0. The zero-order chi connectivity index (χ0) is 34.9. The predicted octanol–water partition coefficient (Wildman–Crippen LogP) is 14.6. The van der Waals surface area contributed by atoms with Crippen molar-refractivity contribution in [2.75, 3.05) is 4.90 Å². The highest BCUT2D eigenvalue weighted by Crippen LogP contribution is 2.43. The van der Waals surface area contributed by atoms with Gasteiger partial charge in [-0.05, 0) is 75.3 Å². The molecule has 0 fully saturated rings. The summed E-state index contributed by atoms with van der Waals surface area (Å²) in [5.41, 5.74) is 11.2. The Balaban J connectivity index is 1.09. The third-order valence-corrected chi connectivity index (χ3v) is 10.7. The maximum Gasteiger partial charge on any atom is 0.143 e. The Morgan fingerprint density at radius 2 is 0.811 bits per heavy atom. The number of benzene rings is 9. The molecule has 0 unspecified atom stereocenters. The quantitative estimate of drug-likeness (QED) is 0.182. The zero-order valence-corrected chi connectivity index (χ0v) is 28.7. The number of para-hydroxylation sites is 1. The Morgan fingerprint density at radius 3 is 1.57 bits per heavy atom. The SMILES string of the molecule is c1ccc(-c2cccc3c2oc2cc(N(c4ccc(-c5cccc6ccccc56)cc4)c4ccc5c(c4)oc4c6ccccc6ccc54)ccc23)cc1. The molecule has 11 rings (SSSR count). The van der Waals surface area contributed by atoms with Crippen LogP contribution >= 0.6 is 0 Å². The summed E-state index contributed by atoms with van der Waals surface area (Å²) in [6.45, 7) is 0. The summed E-state index contributed by atoms with van der Waals surface area (Å²) in [6, 6.07) is 66.7. The first-order chi connectivity index (χ1) is 26.3. The smallest absolute Gasteiger partial charge is 0.143 e. The molecule has 0 bridgehead atoms. The average molecular weight is 678 g/mol. The molecule has 11 aromatic rings. The fourth-order valence-corrected chi connectivity index (χ4v) is 8.12. The van der Waals surface area contributed by atoms with Gasteiger partial charge >= 0.3 is 0 Å². The van der Waals surface area contributed by atoms with Gasteiger partial charge in [0.1, 0.15) is 22.3 Å². The number of rotatable bonds is 5.